The van der Waals surface area contributed by atoms with Crippen molar-refractivity contribution < 1.29 is 0 Å². The van der Waals surface area contributed by atoms with Crippen molar-refractivity contribution in [1.82, 2.24) is 0 Å². The van der Waals surface area contributed by atoms with Crippen LogP contribution in [0.15, 0.2) is 0 Å². The molecule has 0 spiro atoms. The second-order valence-electron chi connectivity index (χ2n) is 7.08. The molecule has 1 rings (SSSR count). The SMILES string of the molecule is CC(C)(C)C1(C(C)(C)C)CCC(N)C1. The van der Waals surface area contributed by atoms with Gasteiger partial charge in [-0.3, -0.25) is 0 Å². The summed E-state index contributed by atoms with van der Waals surface area (Å²) in [5.74, 6) is 0. The molecular weight excluding hydrogens is 170 g/mol. The van der Waals surface area contributed by atoms with Crippen molar-refractivity contribution in [2.75, 3.05) is 0 Å². The number of hydrogen-bond donors (Lipinski definition) is 1. The zero-order valence-corrected chi connectivity index (χ0v) is 10.8. The summed E-state index contributed by atoms with van der Waals surface area (Å²) in [6, 6.07) is 0.424. The molecule has 1 nitrogen and oxygen atoms in total. The van der Waals surface area contributed by atoms with Gasteiger partial charge in [-0.2, -0.15) is 0 Å². The third-order valence-corrected chi connectivity index (χ3v) is 4.42. The Balaban J connectivity index is 3.05. The maximum Gasteiger partial charge on any atom is 0.00447 e. The van der Waals surface area contributed by atoms with Gasteiger partial charge in [0.15, 0.2) is 0 Å². The average Bonchev–Trinajstić information content (AvgIpc) is 2.28. The van der Waals surface area contributed by atoms with Crippen LogP contribution in [0, 0.1) is 16.2 Å². The van der Waals surface area contributed by atoms with E-state index < -0.39 is 0 Å². The van der Waals surface area contributed by atoms with E-state index in [4.69, 9.17) is 5.73 Å². The first-order valence-corrected chi connectivity index (χ1v) is 5.86. The van der Waals surface area contributed by atoms with E-state index in [0.717, 1.165) is 0 Å². The molecule has 1 heteroatoms. The van der Waals surface area contributed by atoms with Crippen LogP contribution in [0.4, 0.5) is 0 Å². The molecule has 84 valence electrons. The van der Waals surface area contributed by atoms with E-state index in [2.05, 4.69) is 41.5 Å². The molecule has 14 heavy (non-hydrogen) atoms. The van der Waals surface area contributed by atoms with Crippen LogP contribution in [0.3, 0.4) is 0 Å². The second kappa shape index (κ2) is 3.23. The Morgan fingerprint density at radius 1 is 1.00 bits per heavy atom. The summed E-state index contributed by atoms with van der Waals surface area (Å²) in [6.07, 6.45) is 3.69. The predicted molar refractivity (Wildman–Crippen MR) is 63.2 cm³/mol. The highest BCUT2D eigenvalue weighted by molar-refractivity contribution is 5.04. The largest absolute Gasteiger partial charge is 0.328 e. The fourth-order valence-electron chi connectivity index (χ4n) is 3.57. The summed E-state index contributed by atoms with van der Waals surface area (Å²) in [5.41, 5.74) is 7.24. The summed E-state index contributed by atoms with van der Waals surface area (Å²) >= 11 is 0. The quantitative estimate of drug-likeness (QED) is 0.631. The maximum absolute atomic E-state index is 6.10. The Bertz CT molecular complexity index is 190. The summed E-state index contributed by atoms with van der Waals surface area (Å²) in [4.78, 5) is 0. The summed E-state index contributed by atoms with van der Waals surface area (Å²) in [6.45, 7) is 14.2. The molecule has 0 saturated heterocycles. The van der Waals surface area contributed by atoms with Gasteiger partial charge in [-0.15, -0.1) is 0 Å². The number of rotatable bonds is 0. The monoisotopic (exact) mass is 197 g/mol. The normalized spacial score (nSPS) is 28.1. The van der Waals surface area contributed by atoms with Crippen molar-refractivity contribution in [3.63, 3.8) is 0 Å². The van der Waals surface area contributed by atoms with Crippen LogP contribution in [0.1, 0.15) is 60.8 Å². The van der Waals surface area contributed by atoms with Crippen molar-refractivity contribution in [2.24, 2.45) is 22.0 Å². The van der Waals surface area contributed by atoms with Gasteiger partial charge in [-0.25, -0.2) is 0 Å². The first-order valence-electron chi connectivity index (χ1n) is 5.86. The van der Waals surface area contributed by atoms with Gasteiger partial charge < -0.3 is 5.73 Å². The van der Waals surface area contributed by atoms with Crippen LogP contribution in [0.5, 0.6) is 0 Å². The molecule has 1 unspecified atom stereocenters. The van der Waals surface area contributed by atoms with E-state index in [1.54, 1.807) is 0 Å². The minimum atomic E-state index is 0.360. The Labute approximate surface area is 89.5 Å². The third kappa shape index (κ3) is 1.71. The molecule has 0 radical (unpaired) electrons. The molecule has 0 aromatic rings. The van der Waals surface area contributed by atoms with Crippen molar-refractivity contribution in [1.29, 1.82) is 0 Å². The van der Waals surface area contributed by atoms with Crippen molar-refractivity contribution >= 4 is 0 Å². The molecule has 0 amide bonds. The van der Waals surface area contributed by atoms with Gasteiger partial charge in [-0.1, -0.05) is 41.5 Å². The highest BCUT2D eigenvalue weighted by Gasteiger charge is 2.53. The van der Waals surface area contributed by atoms with Crippen LogP contribution in [-0.4, -0.2) is 6.04 Å². The highest BCUT2D eigenvalue weighted by atomic mass is 14.7. The lowest BCUT2D eigenvalue weighted by molar-refractivity contribution is -0.0265. The molecule has 0 aromatic carbocycles. The second-order valence-corrected chi connectivity index (χ2v) is 7.08. The molecule has 1 aliphatic rings. The molecule has 2 N–H and O–H groups in total. The van der Waals surface area contributed by atoms with Crippen LogP contribution < -0.4 is 5.73 Å². The molecule has 1 aliphatic carbocycles. The van der Waals surface area contributed by atoms with E-state index in [-0.39, 0.29) is 0 Å². The van der Waals surface area contributed by atoms with Gasteiger partial charge in [0.1, 0.15) is 0 Å². The van der Waals surface area contributed by atoms with Gasteiger partial charge in [0.25, 0.3) is 0 Å². The van der Waals surface area contributed by atoms with Gasteiger partial charge >= 0.3 is 0 Å². The fraction of sp³-hybridized carbons (Fsp3) is 1.00. The van der Waals surface area contributed by atoms with Crippen LogP contribution in [-0.2, 0) is 0 Å². The van der Waals surface area contributed by atoms with E-state index in [0.29, 0.717) is 22.3 Å². The highest BCUT2D eigenvalue weighted by Crippen LogP contribution is 2.60. The van der Waals surface area contributed by atoms with Gasteiger partial charge in [-0.05, 0) is 35.5 Å². The molecule has 0 bridgehead atoms. The fourth-order valence-corrected chi connectivity index (χ4v) is 3.57. The lowest BCUT2D eigenvalue weighted by Crippen LogP contribution is -2.45. The predicted octanol–water partition coefficient (Wildman–Crippen LogP) is 3.58. The van der Waals surface area contributed by atoms with E-state index >= 15 is 0 Å². The van der Waals surface area contributed by atoms with Gasteiger partial charge in [0.2, 0.25) is 0 Å². The molecule has 1 fully saturated rings. The number of hydrogen-bond acceptors (Lipinski definition) is 1. The lowest BCUT2D eigenvalue weighted by atomic mass is 9.53. The molecule has 1 atom stereocenters. The van der Waals surface area contributed by atoms with E-state index in [1.165, 1.54) is 19.3 Å². The Morgan fingerprint density at radius 3 is 1.57 bits per heavy atom. The zero-order chi connectivity index (χ0) is 11.2. The van der Waals surface area contributed by atoms with E-state index in [9.17, 15) is 0 Å². The Morgan fingerprint density at radius 2 is 1.43 bits per heavy atom. The topological polar surface area (TPSA) is 26.0 Å². The first kappa shape index (κ1) is 12.0. The van der Waals surface area contributed by atoms with Crippen LogP contribution in [0.2, 0.25) is 0 Å². The minimum absolute atomic E-state index is 0.360. The van der Waals surface area contributed by atoms with E-state index in [1.807, 2.05) is 0 Å². The maximum atomic E-state index is 6.10. The molecule has 0 heterocycles. The summed E-state index contributed by atoms with van der Waals surface area (Å²) in [7, 11) is 0. The zero-order valence-electron chi connectivity index (χ0n) is 10.8. The smallest absolute Gasteiger partial charge is 0.00447 e. The number of nitrogens with two attached hydrogens (primary N) is 1. The van der Waals surface area contributed by atoms with Gasteiger partial charge in [0.05, 0.1) is 0 Å². The molecule has 0 aromatic heterocycles. The van der Waals surface area contributed by atoms with Crippen molar-refractivity contribution in [3.8, 4) is 0 Å². The van der Waals surface area contributed by atoms with Crippen LogP contribution >= 0.6 is 0 Å². The first-order chi connectivity index (χ1) is 6.10. The van der Waals surface area contributed by atoms with Gasteiger partial charge in [0, 0.05) is 6.04 Å². The van der Waals surface area contributed by atoms with Crippen LogP contribution in [0.25, 0.3) is 0 Å². The third-order valence-electron chi connectivity index (χ3n) is 4.42. The molecule has 0 aliphatic heterocycles. The molecule has 1 saturated carbocycles. The lowest BCUT2D eigenvalue weighted by Gasteiger charge is -2.52. The Kier molecular flexibility index (Phi) is 2.78. The Hall–Kier alpha value is -0.0400. The molecular formula is C13H27N. The summed E-state index contributed by atoms with van der Waals surface area (Å²) < 4.78 is 0. The summed E-state index contributed by atoms with van der Waals surface area (Å²) in [5, 5.41) is 0. The minimum Gasteiger partial charge on any atom is -0.328 e. The van der Waals surface area contributed by atoms with Crippen molar-refractivity contribution in [2.45, 2.75) is 66.8 Å². The average molecular weight is 197 g/mol. The standard InChI is InChI=1S/C13H27N/c1-11(2,3)13(12(4,5)6)8-7-10(14)9-13/h10H,7-9,14H2,1-6H3. The van der Waals surface area contributed by atoms with Crippen molar-refractivity contribution in [3.05, 3.63) is 0 Å².